The number of carboxylic acids is 1. The summed E-state index contributed by atoms with van der Waals surface area (Å²) in [7, 11) is 0. The van der Waals surface area contributed by atoms with Crippen molar-refractivity contribution in [3.8, 4) is 0 Å². The molecule has 5 unspecified atom stereocenters. The minimum absolute atomic E-state index is 0.933. The van der Waals surface area contributed by atoms with Gasteiger partial charge in [0.05, 0.1) is 0 Å². The van der Waals surface area contributed by atoms with E-state index in [-0.39, 0.29) is 0 Å². The molecule has 0 radical (unpaired) electrons. The Labute approximate surface area is 154 Å². The van der Waals surface area contributed by atoms with Crippen molar-refractivity contribution in [2.24, 2.45) is 17.4 Å². The number of esters is 2. The Balaban J connectivity index is 5.68. The minimum Gasteiger partial charge on any atom is -0.481 e. The van der Waals surface area contributed by atoms with E-state index in [2.05, 4.69) is 0 Å². The lowest BCUT2D eigenvalue weighted by atomic mass is 9.93. The predicted molar refractivity (Wildman–Crippen MR) is 93.3 cm³/mol. The van der Waals surface area contributed by atoms with Gasteiger partial charge in [-0.3, -0.25) is 14.4 Å². The van der Waals surface area contributed by atoms with Gasteiger partial charge in [0.1, 0.15) is 22.5 Å². The molecule has 5 atom stereocenters. The molecule has 152 valence electrons. The van der Waals surface area contributed by atoms with Crippen molar-refractivity contribution in [3.63, 3.8) is 0 Å². The van der Waals surface area contributed by atoms with Gasteiger partial charge < -0.3 is 30.6 Å². The van der Waals surface area contributed by atoms with Crippen molar-refractivity contribution >= 4 is 29.0 Å². The topological polar surface area (TPSA) is 179 Å². The summed E-state index contributed by atoms with van der Waals surface area (Å²) in [6.07, 6.45) is 0. The Hall–Kier alpha value is -1.56. The number of carbonyl (C=O) groups is 3. The number of carboxylic acid groups (broad SMARTS) is 1. The highest BCUT2D eigenvalue weighted by Crippen LogP contribution is 2.20. The van der Waals surface area contributed by atoms with Gasteiger partial charge in [0, 0.05) is 6.04 Å². The van der Waals surface area contributed by atoms with Gasteiger partial charge in [0.15, 0.2) is 17.0 Å². The molecule has 0 aromatic rings. The van der Waals surface area contributed by atoms with E-state index in [9.17, 15) is 28.3 Å². The van der Waals surface area contributed by atoms with Crippen LogP contribution in [0.4, 0.5) is 0 Å². The van der Waals surface area contributed by atoms with E-state index in [1.165, 1.54) is 20.8 Å². The molecular weight excluding hydrogens is 368 g/mol. The molecule has 0 spiro atoms. The first kappa shape index (κ1) is 24.4. The van der Waals surface area contributed by atoms with Crippen molar-refractivity contribution in [2.45, 2.75) is 70.1 Å². The first-order chi connectivity index (χ1) is 11.5. The number of ether oxygens (including phenoxy) is 2. The fraction of sp³-hybridized carbons (Fsp3) is 0.800. The zero-order valence-electron chi connectivity index (χ0n) is 15.7. The number of rotatable bonds is 7. The smallest absolute Gasteiger partial charge is 0.324 e. The van der Waals surface area contributed by atoms with E-state index < -0.39 is 63.4 Å². The highest BCUT2D eigenvalue weighted by Gasteiger charge is 2.46. The summed E-state index contributed by atoms with van der Waals surface area (Å²) >= 11 is -2.81. The average Bonchev–Trinajstić information content (AvgIpc) is 2.33. The zero-order valence-corrected chi connectivity index (χ0v) is 16.5. The van der Waals surface area contributed by atoms with E-state index in [1.54, 1.807) is 20.8 Å². The Kier molecular flexibility index (Phi) is 8.36. The molecular formula is C15H28N2O8S. The third kappa shape index (κ3) is 7.77. The summed E-state index contributed by atoms with van der Waals surface area (Å²) in [4.78, 5) is 35.8. The maximum atomic E-state index is 12.2. The molecule has 10 nitrogen and oxygen atoms in total. The first-order valence-electron chi connectivity index (χ1n) is 7.77. The lowest BCUT2D eigenvalue weighted by molar-refractivity contribution is -0.168. The van der Waals surface area contributed by atoms with Crippen LogP contribution in [0.3, 0.4) is 0 Å². The maximum Gasteiger partial charge on any atom is 0.324 e. The fourth-order valence-electron chi connectivity index (χ4n) is 1.98. The van der Waals surface area contributed by atoms with E-state index >= 15 is 0 Å². The fourth-order valence-corrected chi connectivity index (χ4v) is 2.77. The van der Waals surface area contributed by atoms with E-state index in [4.69, 9.17) is 20.9 Å². The van der Waals surface area contributed by atoms with Crippen LogP contribution in [0.2, 0.25) is 0 Å². The quantitative estimate of drug-likeness (QED) is 0.251. The van der Waals surface area contributed by atoms with Crippen LogP contribution in [0.15, 0.2) is 0 Å². The van der Waals surface area contributed by atoms with Crippen molar-refractivity contribution in [1.29, 1.82) is 0 Å². The monoisotopic (exact) mass is 396 g/mol. The number of carbonyl (C=O) groups excluding carboxylic acids is 2. The molecule has 0 aromatic heterocycles. The molecule has 0 amide bonds. The standard InChI is InChI=1S/C15H28N2O8S/c1-14(2,3)24-12(20)7(11(18)19)8(16)10(26(22)23)9(17)13(21)25-15(4,5)6/h7-10H,16-17H2,1-6H3,(H,18,19)(H,22,23). The number of aliphatic carboxylic acids is 1. The van der Waals surface area contributed by atoms with E-state index in [0.717, 1.165) is 0 Å². The van der Waals surface area contributed by atoms with Crippen molar-refractivity contribution < 1.29 is 37.7 Å². The molecule has 6 N–H and O–H groups in total. The minimum atomic E-state index is -2.81. The van der Waals surface area contributed by atoms with Crippen LogP contribution < -0.4 is 11.5 Å². The van der Waals surface area contributed by atoms with Gasteiger partial charge in [0.25, 0.3) is 0 Å². The van der Waals surface area contributed by atoms with Gasteiger partial charge in [-0.25, -0.2) is 4.21 Å². The van der Waals surface area contributed by atoms with Gasteiger partial charge in [-0.15, -0.1) is 0 Å². The molecule has 0 heterocycles. The van der Waals surface area contributed by atoms with Crippen LogP contribution in [-0.4, -0.2) is 60.3 Å². The highest BCUT2D eigenvalue weighted by molar-refractivity contribution is 7.80. The number of hydrogen-bond donors (Lipinski definition) is 4. The third-order valence-electron chi connectivity index (χ3n) is 2.96. The predicted octanol–water partition coefficient (Wildman–Crippen LogP) is -0.384. The molecule has 0 saturated carbocycles. The Morgan fingerprint density at radius 1 is 0.923 bits per heavy atom. The second-order valence-corrected chi connectivity index (χ2v) is 8.82. The van der Waals surface area contributed by atoms with Gasteiger partial charge in [-0.05, 0) is 41.5 Å². The first-order valence-corrected chi connectivity index (χ1v) is 8.94. The van der Waals surface area contributed by atoms with Crippen LogP contribution in [-0.2, 0) is 34.9 Å². The average molecular weight is 396 g/mol. The van der Waals surface area contributed by atoms with Crippen molar-refractivity contribution in [2.75, 3.05) is 0 Å². The molecule has 0 bridgehead atoms. The second kappa shape index (κ2) is 8.89. The normalized spacial score (nSPS) is 18.2. The summed E-state index contributed by atoms with van der Waals surface area (Å²) in [5, 5.41) is 7.56. The Morgan fingerprint density at radius 2 is 1.31 bits per heavy atom. The summed E-state index contributed by atoms with van der Waals surface area (Å²) < 4.78 is 31.2. The summed E-state index contributed by atoms with van der Waals surface area (Å²) in [6, 6.07) is -3.49. The van der Waals surface area contributed by atoms with Crippen LogP contribution in [0.25, 0.3) is 0 Å². The lowest BCUT2D eigenvalue weighted by Gasteiger charge is -2.31. The van der Waals surface area contributed by atoms with Crippen LogP contribution in [0, 0.1) is 5.92 Å². The summed E-state index contributed by atoms with van der Waals surface area (Å²) in [5.41, 5.74) is 9.51. The van der Waals surface area contributed by atoms with Crippen LogP contribution in [0.1, 0.15) is 41.5 Å². The number of nitrogens with two attached hydrogens (primary N) is 2. The molecule has 0 aliphatic rings. The molecule has 0 aromatic carbocycles. The zero-order chi connectivity index (χ0) is 21.0. The molecule has 0 saturated heterocycles. The third-order valence-corrected chi connectivity index (χ3v) is 4.03. The van der Waals surface area contributed by atoms with Gasteiger partial charge in [-0.2, -0.15) is 0 Å². The highest BCUT2D eigenvalue weighted by atomic mass is 32.2. The Morgan fingerprint density at radius 3 is 1.62 bits per heavy atom. The molecule has 0 fully saturated rings. The largest absolute Gasteiger partial charge is 0.481 e. The van der Waals surface area contributed by atoms with Gasteiger partial charge in [-0.1, -0.05) is 0 Å². The second-order valence-electron chi connectivity index (χ2n) is 7.73. The van der Waals surface area contributed by atoms with Crippen LogP contribution >= 0.6 is 0 Å². The summed E-state index contributed by atoms with van der Waals surface area (Å²) in [5.74, 6) is -5.92. The van der Waals surface area contributed by atoms with Gasteiger partial charge in [0.2, 0.25) is 0 Å². The molecule has 0 aliphatic heterocycles. The molecule has 0 aliphatic carbocycles. The van der Waals surface area contributed by atoms with Crippen molar-refractivity contribution in [1.82, 2.24) is 0 Å². The SMILES string of the molecule is CC(C)(C)OC(=O)C(N)C(C(N)C(C(=O)O)C(=O)OC(C)(C)C)S(=O)O. The van der Waals surface area contributed by atoms with E-state index in [0.29, 0.717) is 0 Å². The molecule has 0 rings (SSSR count). The Bertz CT molecular complexity index is 567. The van der Waals surface area contributed by atoms with E-state index in [1.807, 2.05) is 0 Å². The van der Waals surface area contributed by atoms with Crippen LogP contribution in [0.5, 0.6) is 0 Å². The van der Waals surface area contributed by atoms with Crippen molar-refractivity contribution in [3.05, 3.63) is 0 Å². The van der Waals surface area contributed by atoms with Gasteiger partial charge >= 0.3 is 17.9 Å². The number of hydrogen-bond acceptors (Lipinski definition) is 8. The molecule has 11 heteroatoms. The molecule has 26 heavy (non-hydrogen) atoms. The summed E-state index contributed by atoms with van der Waals surface area (Å²) in [6.45, 7) is 9.23. The lowest BCUT2D eigenvalue weighted by Crippen LogP contribution is -2.60. The maximum absolute atomic E-state index is 12.2.